The van der Waals surface area contributed by atoms with E-state index >= 15 is 0 Å². The lowest BCUT2D eigenvalue weighted by Gasteiger charge is -2.08. The molecule has 0 saturated carbocycles. The highest BCUT2D eigenvalue weighted by Gasteiger charge is 2.16. The third-order valence-corrected chi connectivity index (χ3v) is 1.94. The Hall–Kier alpha value is -1.44. The Morgan fingerprint density at radius 2 is 2.25 bits per heavy atom. The van der Waals surface area contributed by atoms with Gasteiger partial charge in [0.05, 0.1) is 12.3 Å². The molecule has 60 valence electrons. The van der Waals surface area contributed by atoms with Crippen LogP contribution < -0.4 is 0 Å². The summed E-state index contributed by atoms with van der Waals surface area (Å²) >= 11 is 0. The molecule has 0 N–H and O–H groups in total. The lowest BCUT2D eigenvalue weighted by atomic mass is 9.97. The number of allylic oxidation sites excluding steroid dienone is 5. The maximum atomic E-state index is 11.3. The fourth-order valence-electron chi connectivity index (χ4n) is 1.34. The van der Waals surface area contributed by atoms with Crippen molar-refractivity contribution in [3.63, 3.8) is 0 Å². The van der Waals surface area contributed by atoms with E-state index in [-0.39, 0.29) is 5.78 Å². The van der Waals surface area contributed by atoms with Crippen molar-refractivity contribution in [3.05, 3.63) is 36.0 Å². The van der Waals surface area contributed by atoms with Crippen molar-refractivity contribution >= 4 is 11.5 Å². The molecule has 1 aliphatic carbocycles. The van der Waals surface area contributed by atoms with Gasteiger partial charge in [0.1, 0.15) is 0 Å². The van der Waals surface area contributed by atoms with Gasteiger partial charge in [-0.3, -0.25) is 9.79 Å². The number of rotatable bonds is 0. The third-order valence-electron chi connectivity index (χ3n) is 1.94. The molecule has 0 spiro atoms. The van der Waals surface area contributed by atoms with Crippen LogP contribution in [0.5, 0.6) is 0 Å². The molecule has 12 heavy (non-hydrogen) atoms. The summed E-state index contributed by atoms with van der Waals surface area (Å²) in [6.45, 7) is 0.691. The number of carbonyl (C=O) groups excluding carboxylic acids is 1. The zero-order valence-corrected chi connectivity index (χ0v) is 6.66. The molecule has 0 bridgehead atoms. The van der Waals surface area contributed by atoms with Crippen LogP contribution in [0.15, 0.2) is 40.9 Å². The first-order valence-electron chi connectivity index (χ1n) is 3.99. The van der Waals surface area contributed by atoms with Crippen LogP contribution in [-0.2, 0) is 4.79 Å². The molecule has 2 aliphatic rings. The fraction of sp³-hybridized carbons (Fsp3) is 0.200. The maximum absolute atomic E-state index is 11.3. The van der Waals surface area contributed by atoms with Gasteiger partial charge in [0, 0.05) is 12.0 Å². The van der Waals surface area contributed by atoms with Crippen LogP contribution in [0, 0.1) is 0 Å². The summed E-state index contributed by atoms with van der Waals surface area (Å²) in [6.07, 6.45) is 9.96. The Bertz CT molecular complexity index is 332. The van der Waals surface area contributed by atoms with Crippen LogP contribution in [0.2, 0.25) is 0 Å². The van der Waals surface area contributed by atoms with Gasteiger partial charge in [0.15, 0.2) is 5.78 Å². The molecule has 0 aromatic rings. The van der Waals surface area contributed by atoms with Crippen molar-refractivity contribution in [2.75, 3.05) is 6.54 Å². The van der Waals surface area contributed by atoms with E-state index in [1.807, 2.05) is 24.3 Å². The average Bonchev–Trinajstić information content (AvgIpc) is 2.30. The number of hydrogen-bond donors (Lipinski definition) is 0. The second-order valence-corrected chi connectivity index (χ2v) is 2.77. The highest BCUT2D eigenvalue weighted by atomic mass is 16.1. The molecule has 1 heterocycles. The molecule has 0 atom stereocenters. The highest BCUT2D eigenvalue weighted by molar-refractivity contribution is 6.28. The van der Waals surface area contributed by atoms with Gasteiger partial charge in [-0.05, 0) is 12.2 Å². The average molecular weight is 159 g/mol. The van der Waals surface area contributed by atoms with Crippen LogP contribution >= 0.6 is 0 Å². The number of nitrogens with zero attached hydrogens (tertiary/aromatic N) is 1. The lowest BCUT2D eigenvalue weighted by Crippen LogP contribution is -2.14. The minimum atomic E-state index is 0.0755. The van der Waals surface area contributed by atoms with Crippen molar-refractivity contribution in [3.8, 4) is 0 Å². The van der Waals surface area contributed by atoms with Gasteiger partial charge < -0.3 is 0 Å². The Morgan fingerprint density at radius 1 is 1.33 bits per heavy atom. The quantitative estimate of drug-likeness (QED) is 0.526. The fourth-order valence-corrected chi connectivity index (χ4v) is 1.34. The van der Waals surface area contributed by atoms with Gasteiger partial charge >= 0.3 is 0 Å². The molecule has 1 aliphatic heterocycles. The van der Waals surface area contributed by atoms with Crippen molar-refractivity contribution in [2.45, 2.75) is 6.42 Å². The molecule has 0 aromatic carbocycles. The van der Waals surface area contributed by atoms with E-state index in [1.54, 1.807) is 6.08 Å². The normalized spacial score (nSPS) is 21.2. The molecule has 0 radical (unpaired) electrons. The second kappa shape index (κ2) is 2.89. The molecule has 0 fully saturated rings. The van der Waals surface area contributed by atoms with E-state index in [9.17, 15) is 4.79 Å². The first-order valence-corrected chi connectivity index (χ1v) is 3.99. The van der Waals surface area contributed by atoms with Gasteiger partial charge in [0.25, 0.3) is 0 Å². The molecular weight excluding hydrogens is 150 g/mol. The Morgan fingerprint density at radius 3 is 3.17 bits per heavy atom. The Balaban J connectivity index is 2.46. The van der Waals surface area contributed by atoms with E-state index in [0.717, 1.165) is 17.7 Å². The summed E-state index contributed by atoms with van der Waals surface area (Å²) < 4.78 is 0. The van der Waals surface area contributed by atoms with Crippen LogP contribution in [0.3, 0.4) is 0 Å². The summed E-state index contributed by atoms with van der Waals surface area (Å²) in [6, 6.07) is 0. The zero-order valence-electron chi connectivity index (χ0n) is 6.66. The molecule has 2 nitrogen and oxygen atoms in total. The lowest BCUT2D eigenvalue weighted by molar-refractivity contribution is -0.111. The summed E-state index contributed by atoms with van der Waals surface area (Å²) in [4.78, 5) is 15.6. The molecule has 0 amide bonds. The summed E-state index contributed by atoms with van der Waals surface area (Å²) in [5.74, 6) is 0.0755. The monoisotopic (exact) mass is 159 g/mol. The van der Waals surface area contributed by atoms with E-state index < -0.39 is 0 Å². The Kier molecular flexibility index (Phi) is 1.74. The number of hydrogen-bond acceptors (Lipinski definition) is 2. The molecule has 2 rings (SSSR count). The van der Waals surface area contributed by atoms with Gasteiger partial charge in [-0.2, -0.15) is 0 Å². The van der Waals surface area contributed by atoms with E-state index in [1.165, 1.54) is 0 Å². The molecule has 0 aromatic heterocycles. The topological polar surface area (TPSA) is 29.4 Å². The van der Waals surface area contributed by atoms with Gasteiger partial charge in [0.2, 0.25) is 0 Å². The first-order chi connectivity index (χ1) is 5.88. The van der Waals surface area contributed by atoms with Crippen molar-refractivity contribution in [1.82, 2.24) is 0 Å². The predicted molar refractivity (Wildman–Crippen MR) is 48.3 cm³/mol. The van der Waals surface area contributed by atoms with Crippen LogP contribution in [-0.4, -0.2) is 18.0 Å². The summed E-state index contributed by atoms with van der Waals surface area (Å²) in [5, 5.41) is 0. The van der Waals surface area contributed by atoms with Crippen LogP contribution in [0.25, 0.3) is 0 Å². The number of fused-ring (bicyclic) bond motifs is 1. The molecule has 0 unspecified atom stereocenters. The second-order valence-electron chi connectivity index (χ2n) is 2.77. The van der Waals surface area contributed by atoms with Crippen molar-refractivity contribution < 1.29 is 4.79 Å². The van der Waals surface area contributed by atoms with Gasteiger partial charge in [-0.1, -0.05) is 18.2 Å². The van der Waals surface area contributed by atoms with Crippen molar-refractivity contribution in [1.29, 1.82) is 0 Å². The van der Waals surface area contributed by atoms with E-state index in [4.69, 9.17) is 0 Å². The van der Waals surface area contributed by atoms with E-state index in [2.05, 4.69) is 4.99 Å². The predicted octanol–water partition coefficient (Wildman–Crippen LogP) is 1.45. The largest absolute Gasteiger partial charge is 0.289 e. The van der Waals surface area contributed by atoms with Gasteiger partial charge in [-0.15, -0.1) is 0 Å². The SMILES string of the molecule is O=C1C=CCC2=NCC=CC=C12. The Labute approximate surface area is 71.0 Å². The molecule has 2 heteroatoms. The number of ketones is 1. The zero-order chi connectivity index (χ0) is 8.39. The first kappa shape index (κ1) is 7.22. The van der Waals surface area contributed by atoms with Gasteiger partial charge in [-0.25, -0.2) is 0 Å². The molecule has 0 saturated heterocycles. The summed E-state index contributed by atoms with van der Waals surface area (Å²) in [5.41, 5.74) is 1.68. The minimum Gasteiger partial charge on any atom is -0.289 e. The highest BCUT2D eigenvalue weighted by Crippen LogP contribution is 2.13. The van der Waals surface area contributed by atoms with E-state index in [0.29, 0.717) is 6.54 Å². The van der Waals surface area contributed by atoms with Crippen LogP contribution in [0.1, 0.15) is 6.42 Å². The number of carbonyl (C=O) groups is 1. The third kappa shape index (κ3) is 1.16. The van der Waals surface area contributed by atoms with Crippen LogP contribution in [0.4, 0.5) is 0 Å². The number of aliphatic imine (C=N–C) groups is 1. The summed E-state index contributed by atoms with van der Waals surface area (Å²) in [7, 11) is 0. The standard InChI is InChI=1S/C10H9NO/c12-10-6-3-5-9-8(10)4-1-2-7-11-9/h1-4,6H,5,7H2. The minimum absolute atomic E-state index is 0.0755. The van der Waals surface area contributed by atoms with Crippen molar-refractivity contribution in [2.24, 2.45) is 4.99 Å². The molecular formula is C10H9NO. The smallest absolute Gasteiger partial charge is 0.187 e. The maximum Gasteiger partial charge on any atom is 0.187 e.